The molecule has 6 nitrogen and oxygen atoms in total. The molecule has 28 heavy (non-hydrogen) atoms. The summed E-state index contributed by atoms with van der Waals surface area (Å²) in [6, 6.07) is 17.5. The van der Waals surface area contributed by atoms with Gasteiger partial charge >= 0.3 is 5.69 Å². The molecule has 0 spiro atoms. The first-order valence-electron chi connectivity index (χ1n) is 8.64. The summed E-state index contributed by atoms with van der Waals surface area (Å²) in [5.74, 6) is 0.693. The Kier molecular flexibility index (Phi) is 5.11. The molecule has 0 aliphatic rings. The lowest BCUT2D eigenvalue weighted by Crippen LogP contribution is -2.29. The minimum Gasteiger partial charge on any atom is -0.309 e. The maximum Gasteiger partial charge on any atom is 0.329 e. The standard InChI is InChI=1S/C20H17ClN4O2S/c1-24-17-16(18(26)23-19(24)27)25(11-14-9-5-6-10-15(14)21)20(22-17)28-12-13-7-3-2-4-8-13/h2-10H,11-12H2,1H3,(H,23,26,27). The number of H-pyrrole nitrogens is 1. The number of benzene rings is 2. The van der Waals surface area contributed by atoms with Gasteiger partial charge in [-0.15, -0.1) is 0 Å². The number of aromatic nitrogens is 4. The fraction of sp³-hybridized carbons (Fsp3) is 0.150. The predicted molar refractivity (Wildman–Crippen MR) is 112 cm³/mol. The van der Waals surface area contributed by atoms with Crippen molar-refractivity contribution >= 4 is 34.5 Å². The van der Waals surface area contributed by atoms with Crippen LogP contribution in [-0.4, -0.2) is 19.1 Å². The van der Waals surface area contributed by atoms with Crippen LogP contribution in [0.1, 0.15) is 11.1 Å². The van der Waals surface area contributed by atoms with Crippen molar-refractivity contribution in [2.45, 2.75) is 17.5 Å². The monoisotopic (exact) mass is 412 g/mol. The summed E-state index contributed by atoms with van der Waals surface area (Å²) in [6.07, 6.45) is 0. The number of hydrogen-bond donors (Lipinski definition) is 1. The quantitative estimate of drug-likeness (QED) is 0.510. The van der Waals surface area contributed by atoms with Crippen LogP contribution in [0, 0.1) is 0 Å². The van der Waals surface area contributed by atoms with Gasteiger partial charge in [0.2, 0.25) is 0 Å². The molecule has 1 N–H and O–H groups in total. The highest BCUT2D eigenvalue weighted by Gasteiger charge is 2.18. The maximum atomic E-state index is 12.6. The number of fused-ring (bicyclic) bond motifs is 1. The van der Waals surface area contributed by atoms with Gasteiger partial charge in [-0.25, -0.2) is 9.78 Å². The van der Waals surface area contributed by atoms with Crippen LogP contribution in [0.15, 0.2) is 69.3 Å². The highest BCUT2D eigenvalue weighted by Crippen LogP contribution is 2.27. The molecule has 0 aliphatic heterocycles. The van der Waals surface area contributed by atoms with E-state index in [0.717, 1.165) is 11.1 Å². The van der Waals surface area contributed by atoms with E-state index in [1.165, 1.54) is 16.3 Å². The van der Waals surface area contributed by atoms with Crippen LogP contribution < -0.4 is 11.2 Å². The van der Waals surface area contributed by atoms with Crippen LogP contribution in [0.4, 0.5) is 0 Å². The highest BCUT2D eigenvalue weighted by atomic mass is 35.5. The lowest BCUT2D eigenvalue weighted by Gasteiger charge is -2.10. The van der Waals surface area contributed by atoms with Crippen molar-refractivity contribution in [3.05, 3.63) is 91.6 Å². The molecule has 2 aromatic carbocycles. The third kappa shape index (κ3) is 3.50. The summed E-state index contributed by atoms with van der Waals surface area (Å²) in [5, 5.41) is 1.27. The largest absolute Gasteiger partial charge is 0.329 e. The van der Waals surface area contributed by atoms with Crippen molar-refractivity contribution in [1.82, 2.24) is 19.1 Å². The molecule has 0 bridgehead atoms. The summed E-state index contributed by atoms with van der Waals surface area (Å²) >= 11 is 7.85. The second kappa shape index (κ2) is 7.69. The number of rotatable bonds is 5. The zero-order valence-electron chi connectivity index (χ0n) is 15.1. The number of aryl methyl sites for hydroxylation is 1. The van der Waals surface area contributed by atoms with Crippen molar-refractivity contribution in [1.29, 1.82) is 0 Å². The Morgan fingerprint density at radius 1 is 1.07 bits per heavy atom. The Morgan fingerprint density at radius 2 is 1.79 bits per heavy atom. The number of nitrogens with one attached hydrogen (secondary N) is 1. The molecule has 8 heteroatoms. The third-order valence-electron chi connectivity index (χ3n) is 4.47. The van der Waals surface area contributed by atoms with Crippen LogP contribution >= 0.6 is 23.4 Å². The van der Waals surface area contributed by atoms with Gasteiger partial charge in [0.25, 0.3) is 5.56 Å². The summed E-state index contributed by atoms with van der Waals surface area (Å²) in [6.45, 7) is 0.384. The zero-order chi connectivity index (χ0) is 19.7. The highest BCUT2D eigenvalue weighted by molar-refractivity contribution is 7.98. The minimum atomic E-state index is -0.487. The number of aromatic amines is 1. The van der Waals surface area contributed by atoms with Crippen molar-refractivity contribution in [3.63, 3.8) is 0 Å². The first-order chi connectivity index (χ1) is 13.5. The van der Waals surface area contributed by atoms with Crippen molar-refractivity contribution in [2.24, 2.45) is 7.05 Å². The fourth-order valence-corrected chi connectivity index (χ4v) is 4.14. The number of thioether (sulfide) groups is 1. The average molecular weight is 413 g/mol. The summed E-state index contributed by atoms with van der Waals surface area (Å²) < 4.78 is 3.18. The molecule has 0 amide bonds. The van der Waals surface area contributed by atoms with E-state index in [1.54, 1.807) is 7.05 Å². The Balaban J connectivity index is 1.84. The van der Waals surface area contributed by atoms with Gasteiger partial charge in [-0.2, -0.15) is 0 Å². The third-order valence-corrected chi connectivity index (χ3v) is 5.89. The lowest BCUT2D eigenvalue weighted by molar-refractivity contribution is 0.728. The molecular weight excluding hydrogens is 396 g/mol. The summed E-state index contributed by atoms with van der Waals surface area (Å²) in [5.41, 5.74) is 1.79. The van der Waals surface area contributed by atoms with Gasteiger partial charge in [0, 0.05) is 17.8 Å². The van der Waals surface area contributed by atoms with E-state index in [-0.39, 0.29) is 0 Å². The Hall–Kier alpha value is -2.77. The summed E-state index contributed by atoms with van der Waals surface area (Å²) in [7, 11) is 1.60. The Labute approximate surface area is 169 Å². The maximum absolute atomic E-state index is 12.6. The van der Waals surface area contributed by atoms with Gasteiger partial charge in [-0.05, 0) is 17.2 Å². The Bertz CT molecular complexity index is 1260. The first kappa shape index (κ1) is 18.6. The van der Waals surface area contributed by atoms with Gasteiger partial charge in [0.1, 0.15) is 0 Å². The fourth-order valence-electron chi connectivity index (χ4n) is 2.99. The Morgan fingerprint density at radius 3 is 2.54 bits per heavy atom. The van der Waals surface area contributed by atoms with E-state index in [9.17, 15) is 9.59 Å². The second-order valence-corrected chi connectivity index (χ2v) is 7.69. The van der Waals surface area contributed by atoms with E-state index in [2.05, 4.69) is 9.97 Å². The van der Waals surface area contributed by atoms with Crippen LogP contribution in [-0.2, 0) is 19.3 Å². The lowest BCUT2D eigenvalue weighted by atomic mass is 10.2. The van der Waals surface area contributed by atoms with Gasteiger partial charge < -0.3 is 4.57 Å². The molecule has 0 atom stereocenters. The zero-order valence-corrected chi connectivity index (χ0v) is 16.6. The second-order valence-electron chi connectivity index (χ2n) is 6.34. The predicted octanol–water partition coefficient (Wildman–Crippen LogP) is 3.42. The van der Waals surface area contributed by atoms with Crippen LogP contribution in [0.25, 0.3) is 11.2 Å². The number of nitrogens with zero attached hydrogens (tertiary/aromatic N) is 3. The SMILES string of the molecule is Cn1c(=O)[nH]c(=O)c2c1nc(SCc1ccccc1)n2Cc1ccccc1Cl. The number of halogens is 1. The molecule has 0 unspecified atom stereocenters. The van der Waals surface area contributed by atoms with Crippen LogP contribution in [0.3, 0.4) is 0 Å². The molecule has 4 rings (SSSR count). The smallest absolute Gasteiger partial charge is 0.309 e. The molecule has 0 saturated carbocycles. The molecular formula is C20H17ClN4O2S. The van der Waals surface area contributed by atoms with E-state index in [4.69, 9.17) is 11.6 Å². The van der Waals surface area contributed by atoms with E-state index >= 15 is 0 Å². The van der Waals surface area contributed by atoms with Crippen molar-refractivity contribution in [2.75, 3.05) is 0 Å². The van der Waals surface area contributed by atoms with Crippen LogP contribution in [0.5, 0.6) is 0 Å². The topological polar surface area (TPSA) is 72.7 Å². The van der Waals surface area contributed by atoms with Crippen molar-refractivity contribution < 1.29 is 0 Å². The number of imidazole rings is 1. The van der Waals surface area contributed by atoms with E-state index in [1.807, 2.05) is 59.2 Å². The first-order valence-corrected chi connectivity index (χ1v) is 10.0. The molecule has 0 saturated heterocycles. The average Bonchev–Trinajstić information content (AvgIpc) is 3.06. The molecule has 0 fully saturated rings. The van der Waals surface area contributed by atoms with E-state index in [0.29, 0.717) is 33.6 Å². The molecule has 0 radical (unpaired) electrons. The van der Waals surface area contributed by atoms with Gasteiger partial charge in [0.05, 0.1) is 6.54 Å². The molecule has 2 heterocycles. The van der Waals surface area contributed by atoms with Crippen LogP contribution in [0.2, 0.25) is 5.02 Å². The normalized spacial score (nSPS) is 11.2. The van der Waals surface area contributed by atoms with Gasteiger partial charge in [-0.1, -0.05) is 71.9 Å². The molecule has 142 valence electrons. The van der Waals surface area contributed by atoms with E-state index < -0.39 is 11.2 Å². The van der Waals surface area contributed by atoms with Gasteiger partial charge in [-0.3, -0.25) is 14.3 Å². The molecule has 4 aromatic rings. The van der Waals surface area contributed by atoms with Crippen molar-refractivity contribution in [3.8, 4) is 0 Å². The van der Waals surface area contributed by atoms with Gasteiger partial charge in [0.15, 0.2) is 16.3 Å². The number of hydrogen-bond acceptors (Lipinski definition) is 4. The summed E-state index contributed by atoms with van der Waals surface area (Å²) in [4.78, 5) is 31.5. The minimum absolute atomic E-state index is 0.358. The molecule has 0 aliphatic carbocycles. The molecule has 2 aromatic heterocycles.